The number of carbonyl (C=O) groups is 1. The Hall–Kier alpha value is -2.37. The minimum Gasteiger partial charge on any atom is -0.465 e. The first-order chi connectivity index (χ1) is 10.0. The molecule has 6 nitrogen and oxygen atoms in total. The van der Waals surface area contributed by atoms with Crippen molar-refractivity contribution in [2.75, 3.05) is 19.8 Å². The van der Waals surface area contributed by atoms with E-state index in [9.17, 15) is 14.9 Å². The van der Waals surface area contributed by atoms with Gasteiger partial charge in [0.05, 0.1) is 18.1 Å². The van der Waals surface area contributed by atoms with Crippen LogP contribution in [-0.4, -0.2) is 30.5 Å². The van der Waals surface area contributed by atoms with Crippen LogP contribution in [0.1, 0.15) is 24.0 Å². The number of hydrogen-bond donors (Lipinski definition) is 0. The molecule has 112 valence electrons. The fraction of sp³-hybridized carbons (Fsp3) is 0.400. The summed E-state index contributed by atoms with van der Waals surface area (Å²) in [6.45, 7) is 3.48. The van der Waals surface area contributed by atoms with E-state index < -0.39 is 10.8 Å². The zero-order valence-corrected chi connectivity index (χ0v) is 12.0. The molecule has 6 heteroatoms. The molecule has 0 aromatic heterocycles. The number of aryl methyl sites for hydroxylation is 1. The first-order valence-electron chi connectivity index (χ1n) is 6.74. The highest BCUT2D eigenvalue weighted by molar-refractivity contribution is 5.99. The Morgan fingerprint density at radius 2 is 2.14 bits per heavy atom. The van der Waals surface area contributed by atoms with Gasteiger partial charge < -0.3 is 9.47 Å². The molecule has 0 amide bonds. The van der Waals surface area contributed by atoms with Gasteiger partial charge in [0.1, 0.15) is 0 Å². The molecular formula is C15H17NO5. The van der Waals surface area contributed by atoms with Gasteiger partial charge in [-0.25, -0.2) is 0 Å². The number of nitrogens with zero attached hydrogens (tertiary/aromatic N) is 1. The number of nitro groups is 1. The zero-order valence-electron chi connectivity index (χ0n) is 12.0. The van der Waals surface area contributed by atoms with Gasteiger partial charge in [0, 0.05) is 4.92 Å². The molecule has 1 aliphatic heterocycles. The SMILES string of the molecule is CCOC1=C([C@H](C[N+](=O)[O-])c2ccccc2C)C(=O)CO1. The molecule has 0 saturated carbocycles. The predicted molar refractivity (Wildman–Crippen MR) is 75.4 cm³/mol. The van der Waals surface area contributed by atoms with Crippen molar-refractivity contribution in [3.63, 3.8) is 0 Å². The van der Waals surface area contributed by atoms with Gasteiger partial charge in [-0.2, -0.15) is 0 Å². The number of benzene rings is 1. The maximum absolute atomic E-state index is 12.1. The third kappa shape index (κ3) is 3.21. The van der Waals surface area contributed by atoms with Crippen LogP contribution in [-0.2, 0) is 14.3 Å². The summed E-state index contributed by atoms with van der Waals surface area (Å²) >= 11 is 0. The van der Waals surface area contributed by atoms with Crippen LogP contribution >= 0.6 is 0 Å². The number of ketones is 1. The van der Waals surface area contributed by atoms with Crippen molar-refractivity contribution in [1.29, 1.82) is 0 Å². The topological polar surface area (TPSA) is 78.7 Å². The summed E-state index contributed by atoms with van der Waals surface area (Å²) in [7, 11) is 0. The van der Waals surface area contributed by atoms with E-state index in [-0.39, 0.29) is 30.5 Å². The van der Waals surface area contributed by atoms with E-state index in [1.807, 2.05) is 19.1 Å². The number of Topliss-reactive ketones (excluding diaryl/α,β-unsaturated/α-hetero) is 1. The van der Waals surface area contributed by atoms with Gasteiger partial charge in [0.15, 0.2) is 6.61 Å². The molecule has 0 radical (unpaired) electrons. The Bertz CT molecular complexity index is 593. The highest BCUT2D eigenvalue weighted by Gasteiger charge is 2.37. The average molecular weight is 291 g/mol. The third-order valence-electron chi connectivity index (χ3n) is 3.37. The lowest BCUT2D eigenvalue weighted by Gasteiger charge is -2.16. The van der Waals surface area contributed by atoms with Crippen LogP contribution in [0.15, 0.2) is 35.8 Å². The Morgan fingerprint density at radius 1 is 1.43 bits per heavy atom. The third-order valence-corrected chi connectivity index (χ3v) is 3.37. The van der Waals surface area contributed by atoms with Crippen LogP contribution in [0.25, 0.3) is 0 Å². The molecule has 1 heterocycles. The summed E-state index contributed by atoms with van der Waals surface area (Å²) in [6, 6.07) is 7.32. The van der Waals surface area contributed by atoms with Crippen LogP contribution in [0.3, 0.4) is 0 Å². The summed E-state index contributed by atoms with van der Waals surface area (Å²) < 4.78 is 10.6. The molecule has 0 unspecified atom stereocenters. The van der Waals surface area contributed by atoms with Gasteiger partial charge in [0.25, 0.3) is 5.95 Å². The zero-order chi connectivity index (χ0) is 15.4. The summed E-state index contributed by atoms with van der Waals surface area (Å²) in [5.74, 6) is -0.788. The molecule has 0 aliphatic carbocycles. The fourth-order valence-corrected chi connectivity index (χ4v) is 2.46. The van der Waals surface area contributed by atoms with Crippen LogP contribution < -0.4 is 0 Å². The maximum Gasteiger partial charge on any atom is 0.287 e. The molecule has 0 saturated heterocycles. The van der Waals surface area contributed by atoms with Gasteiger partial charge >= 0.3 is 0 Å². The van der Waals surface area contributed by atoms with Crippen molar-refractivity contribution in [3.8, 4) is 0 Å². The molecule has 1 aromatic rings. The van der Waals surface area contributed by atoms with Crippen molar-refractivity contribution in [1.82, 2.24) is 0 Å². The minimum atomic E-state index is -0.655. The molecule has 0 bridgehead atoms. The van der Waals surface area contributed by atoms with Crippen molar-refractivity contribution >= 4 is 5.78 Å². The van der Waals surface area contributed by atoms with Crippen LogP contribution in [0.4, 0.5) is 0 Å². The largest absolute Gasteiger partial charge is 0.465 e. The highest BCUT2D eigenvalue weighted by atomic mass is 16.7. The summed E-state index contributed by atoms with van der Waals surface area (Å²) in [6.07, 6.45) is 0. The first-order valence-corrected chi connectivity index (χ1v) is 6.74. The van der Waals surface area contributed by atoms with E-state index in [1.54, 1.807) is 19.1 Å². The van der Waals surface area contributed by atoms with E-state index in [4.69, 9.17) is 9.47 Å². The maximum atomic E-state index is 12.1. The fourth-order valence-electron chi connectivity index (χ4n) is 2.46. The summed E-state index contributed by atoms with van der Waals surface area (Å²) in [5, 5.41) is 11.0. The van der Waals surface area contributed by atoms with Crippen LogP contribution in [0, 0.1) is 17.0 Å². The summed E-state index contributed by atoms with van der Waals surface area (Å²) in [4.78, 5) is 22.7. The first kappa shape index (κ1) is 15.0. The Balaban J connectivity index is 2.49. The van der Waals surface area contributed by atoms with Crippen LogP contribution in [0.5, 0.6) is 0 Å². The monoisotopic (exact) mass is 291 g/mol. The molecule has 2 rings (SSSR count). The Morgan fingerprint density at radius 3 is 2.76 bits per heavy atom. The van der Waals surface area contributed by atoms with E-state index in [2.05, 4.69) is 0 Å². The molecule has 1 atom stereocenters. The van der Waals surface area contributed by atoms with E-state index in [1.165, 1.54) is 0 Å². The summed E-state index contributed by atoms with van der Waals surface area (Å²) in [5.41, 5.74) is 1.91. The second-order valence-corrected chi connectivity index (χ2v) is 4.77. The quantitative estimate of drug-likeness (QED) is 0.593. The van der Waals surface area contributed by atoms with Crippen molar-refractivity contribution in [3.05, 3.63) is 57.0 Å². The van der Waals surface area contributed by atoms with E-state index in [0.717, 1.165) is 11.1 Å². The average Bonchev–Trinajstić information content (AvgIpc) is 2.78. The second-order valence-electron chi connectivity index (χ2n) is 4.77. The van der Waals surface area contributed by atoms with Crippen molar-refractivity contribution in [2.45, 2.75) is 19.8 Å². The predicted octanol–water partition coefficient (Wildman–Crippen LogP) is 2.20. The minimum absolute atomic E-state index is 0.120. The van der Waals surface area contributed by atoms with Gasteiger partial charge in [-0.05, 0) is 25.0 Å². The lowest BCUT2D eigenvalue weighted by molar-refractivity contribution is -0.481. The second kappa shape index (κ2) is 6.39. The Kier molecular flexibility index (Phi) is 4.57. The lowest BCUT2D eigenvalue weighted by atomic mass is 9.87. The van der Waals surface area contributed by atoms with Gasteiger partial charge in [-0.3, -0.25) is 14.9 Å². The molecule has 0 N–H and O–H groups in total. The molecule has 21 heavy (non-hydrogen) atoms. The van der Waals surface area contributed by atoms with Crippen molar-refractivity contribution < 1.29 is 19.2 Å². The number of hydrogen-bond acceptors (Lipinski definition) is 5. The molecule has 0 spiro atoms. The number of rotatable bonds is 6. The number of ether oxygens (including phenoxy) is 2. The molecular weight excluding hydrogens is 274 g/mol. The molecule has 1 aromatic carbocycles. The smallest absolute Gasteiger partial charge is 0.287 e. The van der Waals surface area contributed by atoms with Gasteiger partial charge in [0.2, 0.25) is 12.3 Å². The molecule has 0 fully saturated rings. The van der Waals surface area contributed by atoms with Crippen LogP contribution in [0.2, 0.25) is 0 Å². The standard InChI is InChI=1S/C15H17NO5/c1-3-20-15-14(13(17)9-21-15)12(8-16(18)19)11-7-5-4-6-10(11)2/h4-7,12H,3,8-9H2,1-2H3/t12-/m1/s1. The van der Waals surface area contributed by atoms with Gasteiger partial charge in [-0.15, -0.1) is 0 Å². The lowest BCUT2D eigenvalue weighted by Crippen LogP contribution is -2.20. The number of carbonyl (C=O) groups excluding carboxylic acids is 1. The van der Waals surface area contributed by atoms with E-state index in [0.29, 0.717) is 6.61 Å². The van der Waals surface area contributed by atoms with Gasteiger partial charge in [-0.1, -0.05) is 24.3 Å². The Labute approximate surface area is 122 Å². The van der Waals surface area contributed by atoms with E-state index >= 15 is 0 Å². The molecule has 1 aliphatic rings. The highest BCUT2D eigenvalue weighted by Crippen LogP contribution is 2.33. The normalized spacial score (nSPS) is 15.8. The van der Waals surface area contributed by atoms with Crippen molar-refractivity contribution in [2.24, 2.45) is 0 Å².